The van der Waals surface area contributed by atoms with Gasteiger partial charge in [-0.3, -0.25) is 4.79 Å². The number of rotatable bonds is 8. The van der Waals surface area contributed by atoms with Gasteiger partial charge in [-0.25, -0.2) is 13.9 Å². The lowest BCUT2D eigenvalue weighted by molar-refractivity contribution is -0.283. The van der Waals surface area contributed by atoms with Crippen molar-refractivity contribution in [2.75, 3.05) is 13.7 Å². The number of aliphatic hydroxyl groups is 3. The van der Waals surface area contributed by atoms with Crippen LogP contribution in [0.4, 0.5) is 8.78 Å². The molecule has 5 N–H and O–H groups in total. The Kier molecular flexibility index (Phi) is 7.45. The van der Waals surface area contributed by atoms with Crippen LogP contribution in [0.3, 0.4) is 0 Å². The van der Waals surface area contributed by atoms with E-state index in [1.807, 2.05) is 0 Å². The number of carboxylic acid groups (broad SMARTS) is 1. The first-order valence-corrected chi connectivity index (χ1v) is 10.1. The van der Waals surface area contributed by atoms with Gasteiger partial charge in [0.25, 0.3) is 0 Å². The molecule has 1 amide bonds. The van der Waals surface area contributed by atoms with Crippen molar-refractivity contribution < 1.29 is 48.3 Å². The second-order valence-electron chi connectivity index (χ2n) is 7.71. The SMILES string of the molecule is COc1cccc(-c2cn([C@H]3C(F)C(F)(C(=O)O)O[C@@H]([C@H](O)[C@H](O)CO)[C@@H]3NC(C)=O)nn2)c1. The Balaban J connectivity index is 2.11. The Morgan fingerprint density at radius 2 is 2.09 bits per heavy atom. The fourth-order valence-electron chi connectivity index (χ4n) is 3.75. The number of methoxy groups -OCH3 is 1. The molecule has 1 aromatic heterocycles. The van der Waals surface area contributed by atoms with Crippen LogP contribution in [0.2, 0.25) is 0 Å². The summed E-state index contributed by atoms with van der Waals surface area (Å²) in [4.78, 5) is 23.5. The summed E-state index contributed by atoms with van der Waals surface area (Å²) in [7, 11) is 1.45. The molecular formula is C20H24F2N4O8. The van der Waals surface area contributed by atoms with E-state index in [0.717, 1.165) is 11.6 Å². The van der Waals surface area contributed by atoms with Crippen LogP contribution in [0.5, 0.6) is 5.75 Å². The maximum absolute atomic E-state index is 15.4. The number of aliphatic carboxylic acids is 1. The number of hydrogen-bond donors (Lipinski definition) is 5. The molecule has 1 aliphatic heterocycles. The predicted octanol–water partition coefficient (Wildman–Crippen LogP) is -0.799. The molecule has 34 heavy (non-hydrogen) atoms. The summed E-state index contributed by atoms with van der Waals surface area (Å²) >= 11 is 0. The highest BCUT2D eigenvalue weighted by Gasteiger charge is 2.64. The molecule has 0 bridgehead atoms. The summed E-state index contributed by atoms with van der Waals surface area (Å²) in [5.74, 6) is -6.60. The summed E-state index contributed by atoms with van der Waals surface area (Å²) in [5.41, 5.74) is 0.674. The summed E-state index contributed by atoms with van der Waals surface area (Å²) in [6.07, 6.45) is -7.75. The minimum atomic E-state index is -3.98. The minimum Gasteiger partial charge on any atom is -0.497 e. The highest BCUT2D eigenvalue weighted by atomic mass is 19.2. The number of carbonyl (C=O) groups excluding carboxylic acids is 1. The van der Waals surface area contributed by atoms with Crippen LogP contribution in [-0.4, -0.2) is 97.4 Å². The fourth-order valence-corrected chi connectivity index (χ4v) is 3.75. The van der Waals surface area contributed by atoms with Crippen LogP contribution in [0.25, 0.3) is 11.3 Å². The van der Waals surface area contributed by atoms with E-state index in [1.54, 1.807) is 24.3 Å². The van der Waals surface area contributed by atoms with Crippen LogP contribution in [0.1, 0.15) is 13.0 Å². The first-order valence-electron chi connectivity index (χ1n) is 10.1. The lowest BCUT2D eigenvalue weighted by Crippen LogP contribution is -2.69. The van der Waals surface area contributed by atoms with Crippen molar-refractivity contribution >= 4 is 11.9 Å². The Hall–Kier alpha value is -3.20. The molecule has 0 radical (unpaired) electrons. The van der Waals surface area contributed by atoms with Gasteiger partial charge in [0.1, 0.15) is 35.8 Å². The molecule has 0 spiro atoms. The minimum absolute atomic E-state index is 0.187. The second kappa shape index (κ2) is 9.97. The van der Waals surface area contributed by atoms with E-state index in [-0.39, 0.29) is 5.69 Å². The summed E-state index contributed by atoms with van der Waals surface area (Å²) in [6.45, 7) is 0.0426. The Morgan fingerprint density at radius 3 is 2.68 bits per heavy atom. The van der Waals surface area contributed by atoms with Crippen molar-refractivity contribution in [1.29, 1.82) is 0 Å². The van der Waals surface area contributed by atoms with Gasteiger partial charge in [-0.05, 0) is 12.1 Å². The van der Waals surface area contributed by atoms with E-state index in [9.17, 15) is 30.0 Å². The van der Waals surface area contributed by atoms with Crippen LogP contribution in [0.15, 0.2) is 30.5 Å². The molecule has 1 aliphatic rings. The lowest BCUT2D eigenvalue weighted by atomic mass is 9.86. The number of carbonyl (C=O) groups is 2. The zero-order chi connectivity index (χ0) is 25.2. The van der Waals surface area contributed by atoms with Gasteiger partial charge < -0.3 is 35.2 Å². The van der Waals surface area contributed by atoms with E-state index in [2.05, 4.69) is 15.6 Å². The molecule has 3 rings (SSSR count). The van der Waals surface area contributed by atoms with Crippen molar-refractivity contribution in [2.45, 2.75) is 49.3 Å². The van der Waals surface area contributed by atoms with E-state index < -0.39 is 60.9 Å². The molecule has 12 nitrogen and oxygen atoms in total. The van der Waals surface area contributed by atoms with Crippen LogP contribution < -0.4 is 10.1 Å². The molecule has 1 saturated heterocycles. The number of halogens is 2. The molecular weight excluding hydrogens is 462 g/mol. The van der Waals surface area contributed by atoms with E-state index in [4.69, 9.17) is 9.47 Å². The second-order valence-corrected chi connectivity index (χ2v) is 7.71. The number of carboxylic acids is 1. The lowest BCUT2D eigenvalue weighted by Gasteiger charge is -2.46. The van der Waals surface area contributed by atoms with Gasteiger partial charge in [-0.2, -0.15) is 4.39 Å². The van der Waals surface area contributed by atoms with Crippen molar-refractivity contribution in [3.8, 4) is 17.0 Å². The molecule has 186 valence electrons. The third-order valence-electron chi connectivity index (χ3n) is 5.44. The molecule has 2 heterocycles. The fraction of sp³-hybridized carbons (Fsp3) is 0.500. The molecule has 7 atom stereocenters. The van der Waals surface area contributed by atoms with Gasteiger partial charge >= 0.3 is 11.8 Å². The number of ether oxygens (including phenoxy) is 2. The smallest absolute Gasteiger partial charge is 0.372 e. The monoisotopic (exact) mass is 486 g/mol. The Bertz CT molecular complexity index is 1040. The average molecular weight is 486 g/mol. The Labute approximate surface area is 191 Å². The standard InChI is InChI=1S/C20H24F2N4O8/c1-9(28)23-14-15(26-7-12(24-25-26)10-4-3-5-11(6-10)33-2)18(21)20(22,19(31)32)34-17(14)16(30)13(29)8-27/h3-7,13-18,27,29-30H,8H2,1-2H3,(H,23,28)(H,31,32)/t13-,14-,15-,16-,17-,18?,20?/m1/s1. The van der Waals surface area contributed by atoms with Gasteiger partial charge in [0.2, 0.25) is 5.91 Å². The number of amides is 1. The van der Waals surface area contributed by atoms with E-state index in [1.165, 1.54) is 13.3 Å². The molecule has 14 heteroatoms. The average Bonchev–Trinajstić information content (AvgIpc) is 3.29. The molecule has 2 unspecified atom stereocenters. The summed E-state index contributed by atoms with van der Waals surface area (Å²) in [5, 5.41) is 48.8. The number of benzene rings is 1. The summed E-state index contributed by atoms with van der Waals surface area (Å²) < 4.78 is 41.5. The highest BCUT2D eigenvalue weighted by Crippen LogP contribution is 2.41. The highest BCUT2D eigenvalue weighted by molar-refractivity contribution is 5.77. The zero-order valence-electron chi connectivity index (χ0n) is 18.1. The molecule has 1 fully saturated rings. The van der Waals surface area contributed by atoms with Crippen molar-refractivity contribution in [3.63, 3.8) is 0 Å². The van der Waals surface area contributed by atoms with Crippen LogP contribution in [0, 0.1) is 0 Å². The largest absolute Gasteiger partial charge is 0.497 e. The number of nitrogens with one attached hydrogen (secondary N) is 1. The van der Waals surface area contributed by atoms with E-state index >= 15 is 8.78 Å². The predicted molar refractivity (Wildman–Crippen MR) is 109 cm³/mol. The van der Waals surface area contributed by atoms with Crippen LogP contribution in [-0.2, 0) is 14.3 Å². The summed E-state index contributed by atoms with van der Waals surface area (Å²) in [6, 6.07) is 3.05. The number of nitrogens with zero attached hydrogens (tertiary/aromatic N) is 3. The van der Waals surface area contributed by atoms with E-state index in [0.29, 0.717) is 11.3 Å². The molecule has 2 aromatic rings. The third-order valence-corrected chi connectivity index (χ3v) is 5.44. The van der Waals surface area contributed by atoms with Crippen molar-refractivity contribution in [3.05, 3.63) is 30.5 Å². The molecule has 0 saturated carbocycles. The van der Waals surface area contributed by atoms with Gasteiger partial charge in [-0.15, -0.1) is 5.10 Å². The van der Waals surface area contributed by atoms with Crippen molar-refractivity contribution in [1.82, 2.24) is 20.3 Å². The molecule has 1 aromatic carbocycles. The number of aliphatic hydroxyl groups excluding tert-OH is 3. The number of hydrogen-bond acceptors (Lipinski definition) is 9. The first-order chi connectivity index (χ1) is 16.0. The number of alkyl halides is 2. The Morgan fingerprint density at radius 1 is 1.38 bits per heavy atom. The quantitative estimate of drug-likeness (QED) is 0.318. The van der Waals surface area contributed by atoms with Crippen LogP contribution >= 0.6 is 0 Å². The molecule has 0 aliphatic carbocycles. The third kappa shape index (κ3) is 4.70. The number of aromatic nitrogens is 3. The first kappa shape index (κ1) is 25.4. The van der Waals surface area contributed by atoms with Gasteiger partial charge in [-0.1, -0.05) is 17.3 Å². The maximum atomic E-state index is 15.4. The van der Waals surface area contributed by atoms with Crippen molar-refractivity contribution in [2.24, 2.45) is 0 Å². The zero-order valence-corrected chi connectivity index (χ0v) is 18.1. The van der Waals surface area contributed by atoms with Gasteiger partial charge in [0.15, 0.2) is 6.17 Å². The van der Waals surface area contributed by atoms with Gasteiger partial charge in [0.05, 0.1) is 26.0 Å². The normalized spacial score (nSPS) is 28.7. The maximum Gasteiger partial charge on any atom is 0.372 e. The van der Waals surface area contributed by atoms with Gasteiger partial charge in [0, 0.05) is 12.5 Å². The topological polar surface area (TPSA) is 176 Å².